The summed E-state index contributed by atoms with van der Waals surface area (Å²) in [6.07, 6.45) is 0.388. The van der Waals surface area contributed by atoms with Crippen LogP contribution >= 0.6 is 24.0 Å². The Morgan fingerprint density at radius 1 is 0.947 bits per heavy atom. The highest BCUT2D eigenvalue weighted by molar-refractivity contribution is 6.30. The topological polar surface area (TPSA) is 43.1 Å². The third kappa shape index (κ3) is 4.35. The molecule has 2 N–H and O–H groups in total. The lowest BCUT2D eigenvalue weighted by atomic mass is 10.0. The van der Waals surface area contributed by atoms with Crippen LogP contribution in [0.3, 0.4) is 0 Å². The van der Waals surface area contributed by atoms with E-state index >= 15 is 0 Å². The second-order valence-corrected chi connectivity index (χ2v) is 4.56. The molecular weight excluding hydrogens is 281 g/mol. The fraction of sp³-hybridized carbons (Fsp3) is 0.133. The molecule has 0 aromatic heterocycles. The van der Waals surface area contributed by atoms with E-state index in [1.54, 1.807) is 12.1 Å². The van der Waals surface area contributed by atoms with Gasteiger partial charge in [-0.1, -0.05) is 48.0 Å². The molecule has 2 aromatic rings. The second-order valence-electron chi connectivity index (χ2n) is 4.13. The van der Waals surface area contributed by atoms with Gasteiger partial charge in [-0.2, -0.15) is 0 Å². The van der Waals surface area contributed by atoms with Crippen LogP contribution in [0, 0.1) is 0 Å². The van der Waals surface area contributed by atoms with Gasteiger partial charge in [-0.15, -0.1) is 12.4 Å². The summed E-state index contributed by atoms with van der Waals surface area (Å²) in [7, 11) is 0. The minimum Gasteiger partial charge on any atom is -0.326 e. The Kier molecular flexibility index (Phi) is 6.03. The number of Topliss-reactive ketones (excluding diaryl/α,β-unsaturated/α-hetero) is 1. The Hall–Kier alpha value is -1.35. The first-order valence-electron chi connectivity index (χ1n) is 5.75. The standard InChI is InChI=1S/C15H14ClNO.ClH/c16-14-7-3-11(4-8-14)9-15(18)13-5-1-12(10-17)2-6-13;/h1-8H,9-10,17H2;1H. The minimum absolute atomic E-state index is 0. The lowest BCUT2D eigenvalue weighted by Gasteiger charge is -2.03. The number of ketones is 1. The number of rotatable bonds is 4. The molecule has 0 unspecified atom stereocenters. The molecule has 0 aliphatic rings. The van der Waals surface area contributed by atoms with Crippen LogP contribution in [0.25, 0.3) is 0 Å². The summed E-state index contributed by atoms with van der Waals surface area (Å²) in [5.74, 6) is 0.0980. The number of benzene rings is 2. The van der Waals surface area contributed by atoms with Crippen molar-refractivity contribution in [3.8, 4) is 0 Å². The number of nitrogens with two attached hydrogens (primary N) is 1. The van der Waals surface area contributed by atoms with Gasteiger partial charge in [0.15, 0.2) is 5.78 Å². The van der Waals surface area contributed by atoms with Crippen LogP contribution in [0.1, 0.15) is 21.5 Å². The van der Waals surface area contributed by atoms with Crippen LogP contribution in [-0.2, 0) is 13.0 Å². The molecule has 2 nitrogen and oxygen atoms in total. The van der Waals surface area contributed by atoms with E-state index in [9.17, 15) is 4.79 Å². The maximum Gasteiger partial charge on any atom is 0.167 e. The fourth-order valence-corrected chi connectivity index (χ4v) is 1.84. The van der Waals surface area contributed by atoms with Gasteiger partial charge in [-0.25, -0.2) is 0 Å². The maximum atomic E-state index is 12.0. The molecule has 2 aromatic carbocycles. The third-order valence-corrected chi connectivity index (χ3v) is 3.04. The first-order chi connectivity index (χ1) is 8.69. The van der Waals surface area contributed by atoms with Gasteiger partial charge >= 0.3 is 0 Å². The Balaban J connectivity index is 0.00000180. The molecule has 100 valence electrons. The van der Waals surface area contributed by atoms with E-state index in [4.69, 9.17) is 17.3 Å². The monoisotopic (exact) mass is 295 g/mol. The van der Waals surface area contributed by atoms with E-state index < -0.39 is 0 Å². The zero-order valence-corrected chi connectivity index (χ0v) is 11.9. The number of carbonyl (C=O) groups is 1. The highest BCUT2D eigenvalue weighted by atomic mass is 35.5. The summed E-state index contributed by atoms with van der Waals surface area (Å²) in [4.78, 5) is 12.0. The summed E-state index contributed by atoms with van der Waals surface area (Å²) >= 11 is 5.80. The summed E-state index contributed by atoms with van der Waals surface area (Å²) < 4.78 is 0. The van der Waals surface area contributed by atoms with Gasteiger partial charge in [0, 0.05) is 23.6 Å². The van der Waals surface area contributed by atoms with Crippen molar-refractivity contribution in [1.82, 2.24) is 0 Å². The average Bonchev–Trinajstić information content (AvgIpc) is 2.41. The molecule has 0 saturated heterocycles. The zero-order valence-electron chi connectivity index (χ0n) is 10.3. The highest BCUT2D eigenvalue weighted by Crippen LogP contribution is 2.13. The molecule has 4 heteroatoms. The van der Waals surface area contributed by atoms with Crippen molar-refractivity contribution in [2.24, 2.45) is 5.73 Å². The van der Waals surface area contributed by atoms with Gasteiger partial charge in [-0.05, 0) is 23.3 Å². The molecule has 0 atom stereocenters. The summed E-state index contributed by atoms with van der Waals surface area (Å²) in [6, 6.07) is 14.7. The Morgan fingerprint density at radius 3 is 2.00 bits per heavy atom. The lowest BCUT2D eigenvalue weighted by Crippen LogP contribution is -2.04. The number of hydrogen-bond donors (Lipinski definition) is 1. The Labute approximate surface area is 124 Å². The molecule has 0 spiro atoms. The van der Waals surface area contributed by atoms with Crippen LogP contribution in [0.4, 0.5) is 0 Å². The average molecular weight is 296 g/mol. The molecule has 0 fully saturated rings. The molecule has 0 radical (unpaired) electrons. The largest absolute Gasteiger partial charge is 0.326 e. The number of carbonyl (C=O) groups excluding carboxylic acids is 1. The van der Waals surface area contributed by atoms with E-state index in [0.717, 1.165) is 11.1 Å². The van der Waals surface area contributed by atoms with Gasteiger partial charge in [0.05, 0.1) is 0 Å². The zero-order chi connectivity index (χ0) is 13.0. The molecule has 0 bridgehead atoms. The lowest BCUT2D eigenvalue weighted by molar-refractivity contribution is 0.0993. The van der Waals surface area contributed by atoms with Gasteiger partial charge in [0.1, 0.15) is 0 Å². The maximum absolute atomic E-state index is 12.0. The molecule has 0 aliphatic heterocycles. The van der Waals surface area contributed by atoms with Crippen LogP contribution < -0.4 is 5.73 Å². The van der Waals surface area contributed by atoms with Gasteiger partial charge in [0.25, 0.3) is 0 Å². The summed E-state index contributed by atoms with van der Waals surface area (Å²) in [6.45, 7) is 0.492. The van der Waals surface area contributed by atoms with E-state index in [2.05, 4.69) is 0 Å². The second kappa shape index (κ2) is 7.29. The predicted molar refractivity (Wildman–Crippen MR) is 81.1 cm³/mol. The van der Waals surface area contributed by atoms with Gasteiger partial charge in [-0.3, -0.25) is 4.79 Å². The van der Waals surface area contributed by atoms with Crippen LogP contribution in [0.5, 0.6) is 0 Å². The molecule has 0 heterocycles. The van der Waals surface area contributed by atoms with E-state index in [1.807, 2.05) is 36.4 Å². The minimum atomic E-state index is 0. The van der Waals surface area contributed by atoms with Gasteiger partial charge < -0.3 is 5.73 Å². The fourth-order valence-electron chi connectivity index (χ4n) is 1.72. The summed E-state index contributed by atoms with van der Waals surface area (Å²) in [5.41, 5.74) is 8.22. The smallest absolute Gasteiger partial charge is 0.167 e. The predicted octanol–water partition coefficient (Wildman–Crippen LogP) is 3.65. The SMILES string of the molecule is Cl.NCc1ccc(C(=O)Cc2ccc(Cl)cc2)cc1. The van der Waals surface area contributed by atoms with E-state index in [-0.39, 0.29) is 18.2 Å². The molecule has 2 rings (SSSR count). The molecule has 0 saturated carbocycles. The Morgan fingerprint density at radius 2 is 1.47 bits per heavy atom. The van der Waals surface area contributed by atoms with Crippen LogP contribution in [0.2, 0.25) is 5.02 Å². The van der Waals surface area contributed by atoms with Crippen molar-refractivity contribution in [2.45, 2.75) is 13.0 Å². The number of hydrogen-bond acceptors (Lipinski definition) is 2. The van der Waals surface area contributed by atoms with E-state index in [1.165, 1.54) is 0 Å². The van der Waals surface area contributed by atoms with Crippen LogP contribution in [-0.4, -0.2) is 5.78 Å². The Bertz CT molecular complexity index is 535. The van der Waals surface area contributed by atoms with Crippen molar-refractivity contribution in [2.75, 3.05) is 0 Å². The molecular formula is C15H15Cl2NO. The number of halogens is 2. The van der Waals surface area contributed by atoms with Crippen molar-refractivity contribution in [3.05, 3.63) is 70.2 Å². The highest BCUT2D eigenvalue weighted by Gasteiger charge is 2.06. The summed E-state index contributed by atoms with van der Waals surface area (Å²) in [5, 5.41) is 0.679. The molecule has 0 aliphatic carbocycles. The van der Waals surface area contributed by atoms with Crippen molar-refractivity contribution in [3.63, 3.8) is 0 Å². The molecule has 19 heavy (non-hydrogen) atoms. The quantitative estimate of drug-likeness (QED) is 0.875. The third-order valence-electron chi connectivity index (χ3n) is 2.79. The van der Waals surface area contributed by atoms with Gasteiger partial charge in [0.2, 0.25) is 0 Å². The molecule has 0 amide bonds. The normalized spacial score (nSPS) is 9.79. The van der Waals surface area contributed by atoms with Crippen molar-refractivity contribution < 1.29 is 4.79 Å². The first-order valence-corrected chi connectivity index (χ1v) is 6.13. The first kappa shape index (κ1) is 15.7. The van der Waals surface area contributed by atoms with Crippen molar-refractivity contribution in [1.29, 1.82) is 0 Å². The van der Waals surface area contributed by atoms with Crippen LogP contribution in [0.15, 0.2) is 48.5 Å². The van der Waals surface area contributed by atoms with Crippen molar-refractivity contribution >= 4 is 29.8 Å². The van der Waals surface area contributed by atoms with E-state index in [0.29, 0.717) is 23.6 Å².